The number of hydrogen-bond donors (Lipinski definition) is 2. The zero-order valence-electron chi connectivity index (χ0n) is 19.3. The van der Waals surface area contributed by atoms with Gasteiger partial charge >= 0.3 is 0 Å². The van der Waals surface area contributed by atoms with Gasteiger partial charge in [0.25, 0.3) is 0 Å². The summed E-state index contributed by atoms with van der Waals surface area (Å²) < 4.78 is 1.20. The van der Waals surface area contributed by atoms with E-state index in [1.807, 2.05) is 12.1 Å². The molecule has 0 radical (unpaired) electrons. The third kappa shape index (κ3) is 5.33. The van der Waals surface area contributed by atoms with Gasteiger partial charge in [-0.3, -0.25) is 0 Å². The number of fused-ring (bicyclic) bond motifs is 1. The molecule has 170 valence electrons. The number of benzene rings is 2. The minimum absolute atomic E-state index is 0.425. The molecule has 2 heterocycles. The Hall–Kier alpha value is -2.99. The molecule has 33 heavy (non-hydrogen) atoms. The van der Waals surface area contributed by atoms with E-state index >= 15 is 0 Å². The van der Waals surface area contributed by atoms with Crippen molar-refractivity contribution in [3.63, 3.8) is 0 Å². The highest BCUT2D eigenvalue weighted by Crippen LogP contribution is 2.30. The van der Waals surface area contributed by atoms with Gasteiger partial charge in [-0.2, -0.15) is 4.98 Å². The standard InChI is InChI=1S/C27H31N5S/c1-3-19-13-14-23-24(16-19)33-27(30-23)32-25-17-21(15-20-10-5-4-6-11-20)28-26(31-25)29-22-12-8-7-9-18(22)2/h4-6,10-11,13-14,16-18,22H,3,7-9,12,15H2,1-2H3,(H2,28,29,30,31,32)/t18-,22+/m0/s1. The van der Waals surface area contributed by atoms with Crippen LogP contribution in [0.2, 0.25) is 0 Å². The van der Waals surface area contributed by atoms with E-state index in [4.69, 9.17) is 15.0 Å². The van der Waals surface area contributed by atoms with E-state index in [2.05, 4.69) is 66.9 Å². The van der Waals surface area contributed by atoms with E-state index in [1.165, 1.54) is 41.5 Å². The van der Waals surface area contributed by atoms with Gasteiger partial charge in [0.2, 0.25) is 5.95 Å². The summed E-state index contributed by atoms with van der Waals surface area (Å²) in [7, 11) is 0. The molecule has 1 saturated carbocycles. The minimum atomic E-state index is 0.425. The number of aromatic nitrogens is 3. The number of thiazole rings is 1. The third-order valence-electron chi connectivity index (χ3n) is 6.53. The lowest BCUT2D eigenvalue weighted by molar-refractivity contribution is 0.348. The molecule has 0 spiro atoms. The van der Waals surface area contributed by atoms with Gasteiger partial charge in [-0.05, 0) is 48.4 Å². The zero-order valence-corrected chi connectivity index (χ0v) is 20.2. The fourth-order valence-electron chi connectivity index (χ4n) is 4.57. The maximum atomic E-state index is 4.89. The second kappa shape index (κ2) is 9.87. The largest absolute Gasteiger partial charge is 0.351 e. The van der Waals surface area contributed by atoms with Gasteiger partial charge in [-0.15, -0.1) is 0 Å². The summed E-state index contributed by atoms with van der Waals surface area (Å²) in [5, 5.41) is 7.97. The molecule has 2 N–H and O–H groups in total. The van der Waals surface area contributed by atoms with Crippen LogP contribution in [0, 0.1) is 5.92 Å². The Balaban J connectivity index is 1.43. The van der Waals surface area contributed by atoms with Crippen LogP contribution in [0.1, 0.15) is 56.4 Å². The van der Waals surface area contributed by atoms with Crippen LogP contribution < -0.4 is 10.6 Å². The molecule has 1 aliphatic rings. The Morgan fingerprint density at radius 1 is 0.939 bits per heavy atom. The number of nitrogens with zero attached hydrogens (tertiary/aromatic N) is 3. The second-order valence-electron chi connectivity index (χ2n) is 9.04. The highest BCUT2D eigenvalue weighted by atomic mass is 32.1. The van der Waals surface area contributed by atoms with Crippen LogP contribution in [0.25, 0.3) is 10.2 Å². The van der Waals surface area contributed by atoms with Crippen LogP contribution in [-0.2, 0) is 12.8 Å². The molecule has 0 bridgehead atoms. The van der Waals surface area contributed by atoms with Gasteiger partial charge in [0, 0.05) is 18.5 Å². The van der Waals surface area contributed by atoms with E-state index in [1.54, 1.807) is 11.3 Å². The number of aryl methyl sites for hydroxylation is 1. The van der Waals surface area contributed by atoms with Gasteiger partial charge in [-0.25, -0.2) is 9.97 Å². The lowest BCUT2D eigenvalue weighted by atomic mass is 9.86. The van der Waals surface area contributed by atoms with Crippen molar-refractivity contribution in [1.82, 2.24) is 15.0 Å². The first-order valence-electron chi connectivity index (χ1n) is 12.0. The fourth-order valence-corrected chi connectivity index (χ4v) is 5.51. The van der Waals surface area contributed by atoms with Crippen LogP contribution in [0.15, 0.2) is 54.6 Å². The summed E-state index contributed by atoms with van der Waals surface area (Å²) in [4.78, 5) is 14.5. The van der Waals surface area contributed by atoms with Crippen molar-refractivity contribution in [3.8, 4) is 0 Å². The Morgan fingerprint density at radius 3 is 2.61 bits per heavy atom. The molecule has 0 unspecified atom stereocenters. The van der Waals surface area contributed by atoms with Crippen molar-refractivity contribution < 1.29 is 0 Å². The monoisotopic (exact) mass is 457 g/mol. The number of nitrogens with one attached hydrogen (secondary N) is 2. The Morgan fingerprint density at radius 2 is 1.79 bits per heavy atom. The van der Waals surface area contributed by atoms with Crippen LogP contribution in [0.5, 0.6) is 0 Å². The first kappa shape index (κ1) is 21.8. The van der Waals surface area contributed by atoms with E-state index in [0.29, 0.717) is 17.9 Å². The van der Waals surface area contributed by atoms with Crippen molar-refractivity contribution in [1.29, 1.82) is 0 Å². The normalized spacial score (nSPS) is 18.4. The average molecular weight is 458 g/mol. The number of hydrogen-bond acceptors (Lipinski definition) is 6. The van der Waals surface area contributed by atoms with Gasteiger partial charge in [0.1, 0.15) is 5.82 Å². The molecule has 1 aliphatic carbocycles. The summed E-state index contributed by atoms with van der Waals surface area (Å²) >= 11 is 1.67. The number of anilines is 3. The third-order valence-corrected chi connectivity index (χ3v) is 7.46. The number of rotatable bonds is 7. The van der Waals surface area contributed by atoms with Crippen LogP contribution in [0.3, 0.4) is 0 Å². The summed E-state index contributed by atoms with van der Waals surface area (Å²) in [5.74, 6) is 2.13. The quantitative estimate of drug-likeness (QED) is 0.314. The first-order chi connectivity index (χ1) is 16.2. The van der Waals surface area contributed by atoms with Crippen molar-refractivity contribution in [2.45, 2.75) is 58.4 Å². The fraction of sp³-hybridized carbons (Fsp3) is 0.370. The second-order valence-corrected chi connectivity index (χ2v) is 10.1. The highest BCUT2D eigenvalue weighted by molar-refractivity contribution is 7.22. The summed E-state index contributed by atoms with van der Waals surface area (Å²) in [5.41, 5.74) is 4.59. The maximum Gasteiger partial charge on any atom is 0.225 e. The van der Waals surface area contributed by atoms with Crippen LogP contribution in [0.4, 0.5) is 16.9 Å². The molecule has 0 aliphatic heterocycles. The van der Waals surface area contributed by atoms with E-state index < -0.39 is 0 Å². The van der Waals surface area contributed by atoms with Crippen LogP contribution >= 0.6 is 11.3 Å². The van der Waals surface area contributed by atoms with Gasteiger partial charge < -0.3 is 10.6 Å². The van der Waals surface area contributed by atoms with Crippen molar-refractivity contribution in [3.05, 3.63) is 71.4 Å². The molecule has 6 heteroatoms. The molecule has 2 aromatic carbocycles. The topological polar surface area (TPSA) is 62.7 Å². The zero-order chi connectivity index (χ0) is 22.6. The predicted molar refractivity (Wildman–Crippen MR) is 139 cm³/mol. The Labute approximate surface area is 199 Å². The van der Waals surface area contributed by atoms with Crippen molar-refractivity contribution >= 4 is 38.5 Å². The van der Waals surface area contributed by atoms with Gasteiger partial charge in [-0.1, -0.05) is 74.4 Å². The summed E-state index contributed by atoms with van der Waals surface area (Å²) in [6.07, 6.45) is 6.82. The average Bonchev–Trinajstić information content (AvgIpc) is 3.22. The minimum Gasteiger partial charge on any atom is -0.351 e. The molecule has 5 rings (SSSR count). The molecule has 4 aromatic rings. The summed E-state index contributed by atoms with van der Waals surface area (Å²) in [6, 6.07) is 19.4. The highest BCUT2D eigenvalue weighted by Gasteiger charge is 2.22. The smallest absolute Gasteiger partial charge is 0.225 e. The van der Waals surface area contributed by atoms with Gasteiger partial charge in [0.15, 0.2) is 5.13 Å². The summed E-state index contributed by atoms with van der Waals surface area (Å²) in [6.45, 7) is 4.51. The van der Waals surface area contributed by atoms with E-state index in [-0.39, 0.29) is 0 Å². The molecule has 5 nitrogen and oxygen atoms in total. The van der Waals surface area contributed by atoms with Crippen molar-refractivity contribution in [2.75, 3.05) is 10.6 Å². The van der Waals surface area contributed by atoms with Gasteiger partial charge in [0.05, 0.1) is 15.9 Å². The molecule has 0 amide bonds. The van der Waals surface area contributed by atoms with E-state index in [9.17, 15) is 0 Å². The molecular formula is C27H31N5S. The molecule has 2 aromatic heterocycles. The predicted octanol–water partition coefficient (Wildman–Crippen LogP) is 6.97. The molecule has 2 atom stereocenters. The lowest BCUT2D eigenvalue weighted by Crippen LogP contribution is -2.31. The SMILES string of the molecule is CCc1ccc2nc(Nc3cc(Cc4ccccc4)nc(N[C@@H]4CCCC[C@@H]4C)n3)sc2c1. The first-order valence-corrected chi connectivity index (χ1v) is 12.8. The molecule has 1 fully saturated rings. The van der Waals surface area contributed by atoms with Crippen molar-refractivity contribution in [2.24, 2.45) is 5.92 Å². The Bertz CT molecular complexity index is 1220. The molecule has 0 saturated heterocycles. The van der Waals surface area contributed by atoms with E-state index in [0.717, 1.165) is 35.0 Å². The lowest BCUT2D eigenvalue weighted by Gasteiger charge is -2.29. The maximum absolute atomic E-state index is 4.89. The molecular weight excluding hydrogens is 426 g/mol. The Kier molecular flexibility index (Phi) is 6.53. The van der Waals surface area contributed by atoms with Crippen LogP contribution in [-0.4, -0.2) is 21.0 Å².